The number of aliphatic carboxylic acids is 1. The van der Waals surface area contributed by atoms with Crippen molar-refractivity contribution in [3.8, 4) is 0 Å². The Morgan fingerprint density at radius 1 is 1.21 bits per heavy atom. The van der Waals surface area contributed by atoms with Gasteiger partial charge in [0, 0.05) is 43.7 Å². The maximum Gasteiger partial charge on any atom is 0.305 e. The van der Waals surface area contributed by atoms with Gasteiger partial charge in [0.05, 0.1) is 12.0 Å². The maximum atomic E-state index is 12.6. The summed E-state index contributed by atoms with van der Waals surface area (Å²) in [7, 11) is 0. The molecule has 2 aromatic rings. The number of aromatic nitrogens is 1. The molecule has 1 unspecified atom stereocenters. The average molecular weight is 450 g/mol. The minimum atomic E-state index is -0.965. The van der Waals surface area contributed by atoms with Crippen molar-refractivity contribution in [2.24, 2.45) is 10.7 Å². The number of carbonyl (C=O) groups is 2. The van der Waals surface area contributed by atoms with Crippen LogP contribution in [0.15, 0.2) is 59.2 Å². The molecular weight excluding hydrogens is 418 g/mol. The lowest BCUT2D eigenvalue weighted by Gasteiger charge is -2.17. The molecule has 3 rings (SSSR count). The van der Waals surface area contributed by atoms with Crippen molar-refractivity contribution in [1.82, 2.24) is 10.3 Å². The van der Waals surface area contributed by atoms with E-state index in [4.69, 9.17) is 5.73 Å². The molecule has 8 nitrogen and oxygen atoms in total. The molecule has 174 valence electrons. The van der Waals surface area contributed by atoms with E-state index in [-0.39, 0.29) is 12.0 Å². The number of amides is 1. The molecule has 33 heavy (non-hydrogen) atoms. The van der Waals surface area contributed by atoms with Crippen molar-refractivity contribution in [3.05, 3.63) is 71.1 Å². The Balaban J connectivity index is 1.51. The SMILES string of the molecule is NC=C(C=NCCc1ccc2c(n1)NCCC2)C(=O)NC(CCc1ccccc1)CC(=O)O. The lowest BCUT2D eigenvalue weighted by atomic mass is 10.0. The second-order valence-corrected chi connectivity index (χ2v) is 8.04. The molecule has 0 aliphatic carbocycles. The highest BCUT2D eigenvalue weighted by atomic mass is 16.4. The molecule has 1 aromatic carbocycles. The van der Waals surface area contributed by atoms with E-state index in [1.807, 2.05) is 36.4 Å². The van der Waals surface area contributed by atoms with Gasteiger partial charge in [-0.2, -0.15) is 0 Å². The fraction of sp³-hybridized carbons (Fsp3) is 0.360. The zero-order valence-electron chi connectivity index (χ0n) is 18.7. The van der Waals surface area contributed by atoms with Crippen LogP contribution in [-0.4, -0.2) is 47.3 Å². The van der Waals surface area contributed by atoms with Gasteiger partial charge in [0.2, 0.25) is 0 Å². The number of nitrogens with zero attached hydrogens (tertiary/aromatic N) is 2. The van der Waals surface area contributed by atoms with Crippen molar-refractivity contribution >= 4 is 23.9 Å². The van der Waals surface area contributed by atoms with Gasteiger partial charge in [-0.3, -0.25) is 14.6 Å². The molecule has 1 aliphatic rings. The molecule has 1 atom stereocenters. The Hall–Kier alpha value is -3.68. The van der Waals surface area contributed by atoms with Gasteiger partial charge in [0.1, 0.15) is 5.82 Å². The summed E-state index contributed by atoms with van der Waals surface area (Å²) in [5, 5.41) is 15.3. The number of fused-ring (bicyclic) bond motifs is 1. The molecule has 8 heteroatoms. The molecule has 2 heterocycles. The van der Waals surface area contributed by atoms with E-state index in [1.54, 1.807) is 0 Å². The number of pyridine rings is 1. The summed E-state index contributed by atoms with van der Waals surface area (Å²) in [6, 6.07) is 13.4. The number of carboxylic acids is 1. The van der Waals surface area contributed by atoms with Gasteiger partial charge in [-0.05, 0) is 42.9 Å². The van der Waals surface area contributed by atoms with Crippen LogP contribution in [0.2, 0.25) is 0 Å². The first-order valence-corrected chi connectivity index (χ1v) is 11.3. The lowest BCUT2D eigenvalue weighted by Crippen LogP contribution is -2.38. The summed E-state index contributed by atoms with van der Waals surface area (Å²) in [4.78, 5) is 32.8. The maximum absolute atomic E-state index is 12.6. The quantitative estimate of drug-likeness (QED) is 0.308. The zero-order chi connectivity index (χ0) is 23.5. The number of carboxylic acid groups (broad SMARTS) is 1. The van der Waals surface area contributed by atoms with Gasteiger partial charge < -0.3 is 21.5 Å². The van der Waals surface area contributed by atoms with Crippen molar-refractivity contribution in [3.63, 3.8) is 0 Å². The summed E-state index contributed by atoms with van der Waals surface area (Å²) in [6.45, 7) is 1.40. The number of benzene rings is 1. The second kappa shape index (κ2) is 12.4. The van der Waals surface area contributed by atoms with Crippen LogP contribution in [0.1, 0.15) is 36.1 Å². The third kappa shape index (κ3) is 7.75. The van der Waals surface area contributed by atoms with E-state index < -0.39 is 17.9 Å². The number of carbonyl (C=O) groups excluding carboxylic acids is 1. The van der Waals surface area contributed by atoms with Crippen LogP contribution in [0, 0.1) is 0 Å². The summed E-state index contributed by atoms with van der Waals surface area (Å²) in [5.41, 5.74) is 9.09. The van der Waals surface area contributed by atoms with E-state index in [9.17, 15) is 14.7 Å². The highest BCUT2D eigenvalue weighted by molar-refractivity contribution is 6.12. The van der Waals surface area contributed by atoms with Gasteiger partial charge >= 0.3 is 5.97 Å². The van der Waals surface area contributed by atoms with E-state index in [0.29, 0.717) is 25.8 Å². The molecular formula is C25H31N5O3. The average Bonchev–Trinajstić information content (AvgIpc) is 2.82. The van der Waals surface area contributed by atoms with Crippen LogP contribution < -0.4 is 16.4 Å². The standard InChI is InChI=1S/C25H31N5O3/c26-16-20(17-27-14-12-21-11-9-19-7-4-13-28-24(19)29-21)25(33)30-22(15-23(31)32)10-8-18-5-2-1-3-6-18/h1-3,5-6,9,11,16-17,22H,4,7-8,10,12-15,26H2,(H,28,29)(H,30,33)(H,31,32). The molecule has 5 N–H and O–H groups in total. The smallest absolute Gasteiger partial charge is 0.305 e. The Labute approximate surface area is 194 Å². The van der Waals surface area contributed by atoms with Gasteiger partial charge in [-0.25, -0.2) is 4.98 Å². The third-order valence-corrected chi connectivity index (χ3v) is 5.50. The highest BCUT2D eigenvalue weighted by Gasteiger charge is 2.18. The normalized spacial score (nSPS) is 14.4. The second-order valence-electron chi connectivity index (χ2n) is 8.04. The van der Waals surface area contributed by atoms with Crippen molar-refractivity contribution < 1.29 is 14.7 Å². The highest BCUT2D eigenvalue weighted by Crippen LogP contribution is 2.19. The number of hydrogen-bond acceptors (Lipinski definition) is 6. The summed E-state index contributed by atoms with van der Waals surface area (Å²) in [6.07, 6.45) is 6.44. The summed E-state index contributed by atoms with van der Waals surface area (Å²) < 4.78 is 0. The molecule has 1 amide bonds. The van der Waals surface area contributed by atoms with Gasteiger partial charge in [0.15, 0.2) is 0 Å². The predicted molar refractivity (Wildman–Crippen MR) is 129 cm³/mol. The Morgan fingerprint density at radius 3 is 2.79 bits per heavy atom. The number of anilines is 1. The number of hydrogen-bond donors (Lipinski definition) is 4. The monoisotopic (exact) mass is 449 g/mol. The molecule has 0 spiro atoms. The molecule has 0 radical (unpaired) electrons. The van der Waals surface area contributed by atoms with Crippen LogP contribution in [0.4, 0.5) is 5.82 Å². The van der Waals surface area contributed by atoms with E-state index in [0.717, 1.165) is 36.5 Å². The van der Waals surface area contributed by atoms with Gasteiger partial charge in [-0.1, -0.05) is 36.4 Å². The van der Waals surface area contributed by atoms with Crippen LogP contribution in [-0.2, 0) is 28.9 Å². The minimum Gasteiger partial charge on any atom is -0.481 e. The van der Waals surface area contributed by atoms with Crippen molar-refractivity contribution in [2.75, 3.05) is 18.4 Å². The first kappa shape index (κ1) is 24.0. The molecule has 0 bridgehead atoms. The fourth-order valence-corrected chi connectivity index (χ4v) is 3.72. The van der Waals surface area contributed by atoms with Crippen molar-refractivity contribution in [2.45, 2.75) is 44.6 Å². The van der Waals surface area contributed by atoms with Gasteiger partial charge in [0.25, 0.3) is 5.91 Å². The number of nitrogens with one attached hydrogen (secondary N) is 2. The van der Waals surface area contributed by atoms with E-state index >= 15 is 0 Å². The van der Waals surface area contributed by atoms with Crippen LogP contribution >= 0.6 is 0 Å². The molecule has 0 saturated carbocycles. The fourth-order valence-electron chi connectivity index (χ4n) is 3.72. The topological polar surface area (TPSA) is 130 Å². The molecule has 1 aliphatic heterocycles. The lowest BCUT2D eigenvalue weighted by molar-refractivity contribution is -0.137. The van der Waals surface area contributed by atoms with Crippen LogP contribution in [0.25, 0.3) is 0 Å². The minimum absolute atomic E-state index is 0.161. The van der Waals surface area contributed by atoms with E-state index in [1.165, 1.54) is 18.0 Å². The van der Waals surface area contributed by atoms with Crippen LogP contribution in [0.5, 0.6) is 0 Å². The Morgan fingerprint density at radius 2 is 2.03 bits per heavy atom. The zero-order valence-corrected chi connectivity index (χ0v) is 18.7. The number of aryl methyl sites for hydroxylation is 2. The molecule has 0 fully saturated rings. The molecule has 1 aromatic heterocycles. The van der Waals surface area contributed by atoms with Gasteiger partial charge in [-0.15, -0.1) is 0 Å². The van der Waals surface area contributed by atoms with Crippen LogP contribution in [0.3, 0.4) is 0 Å². The Bertz CT molecular complexity index is 1000. The number of rotatable bonds is 11. The van der Waals surface area contributed by atoms with E-state index in [2.05, 4.69) is 26.7 Å². The number of aliphatic imine (C=N–C) groups is 1. The third-order valence-electron chi connectivity index (χ3n) is 5.50. The first-order valence-electron chi connectivity index (χ1n) is 11.3. The summed E-state index contributed by atoms with van der Waals surface area (Å²) >= 11 is 0. The summed E-state index contributed by atoms with van der Waals surface area (Å²) in [5.74, 6) is -0.450. The predicted octanol–water partition coefficient (Wildman–Crippen LogP) is 2.49. The largest absolute Gasteiger partial charge is 0.481 e. The molecule has 0 saturated heterocycles. The Kier molecular flexibility index (Phi) is 8.99. The van der Waals surface area contributed by atoms with Crippen molar-refractivity contribution in [1.29, 1.82) is 0 Å². The number of nitrogens with two attached hydrogens (primary N) is 1. The first-order chi connectivity index (χ1) is 16.0.